The lowest BCUT2D eigenvalue weighted by Crippen LogP contribution is -2.54. The van der Waals surface area contributed by atoms with Gasteiger partial charge in [-0.05, 0) is 55.3 Å². The quantitative estimate of drug-likeness (QED) is 0.181. The molecule has 1 atom stereocenters. The molecular weight excluding hydrogens is 639 g/mol. The number of alkyl halides is 3. The summed E-state index contributed by atoms with van der Waals surface area (Å²) in [5, 5.41) is 2.23. The van der Waals surface area contributed by atoms with Gasteiger partial charge >= 0.3 is 6.18 Å². The van der Waals surface area contributed by atoms with Gasteiger partial charge in [0.05, 0.1) is 21.2 Å². The predicted octanol–water partition coefficient (Wildman–Crippen LogP) is 6.72. The van der Waals surface area contributed by atoms with Crippen LogP contribution in [0, 0.1) is 0 Å². The molecule has 0 aliphatic heterocycles. The average Bonchev–Trinajstić information content (AvgIpc) is 3.02. The maximum absolute atomic E-state index is 14.4. The van der Waals surface area contributed by atoms with E-state index in [9.17, 15) is 31.2 Å². The van der Waals surface area contributed by atoms with Gasteiger partial charge in [0.15, 0.2) is 0 Å². The standard InChI is InChI=1S/C34H33ClF3N3O4S/c1-24(2)39-33(43)31(20-25-12-6-3-7-13-25)40(22-26-14-8-4-9-15-26)32(42)23-41(46(44,45)28-16-10-5-11-17-28)27-18-19-30(35)29(21-27)34(36,37)38/h3-19,21,24,31H,20,22-23H2,1-2H3,(H,39,43). The summed E-state index contributed by atoms with van der Waals surface area (Å²) in [4.78, 5) is 29.1. The van der Waals surface area contributed by atoms with Crippen molar-refractivity contribution in [1.29, 1.82) is 0 Å². The van der Waals surface area contributed by atoms with Crippen LogP contribution in [0.4, 0.5) is 18.9 Å². The van der Waals surface area contributed by atoms with Gasteiger partial charge in [-0.1, -0.05) is 90.5 Å². The Morgan fingerprint density at radius 1 is 0.826 bits per heavy atom. The number of carbonyl (C=O) groups is 2. The number of halogens is 4. The normalized spacial score (nSPS) is 12.4. The van der Waals surface area contributed by atoms with Gasteiger partial charge < -0.3 is 10.2 Å². The van der Waals surface area contributed by atoms with Crippen molar-refractivity contribution in [3.63, 3.8) is 0 Å². The largest absolute Gasteiger partial charge is 0.417 e. The topological polar surface area (TPSA) is 86.8 Å². The van der Waals surface area contributed by atoms with E-state index in [-0.39, 0.29) is 23.9 Å². The summed E-state index contributed by atoms with van der Waals surface area (Å²) in [6, 6.07) is 26.2. The van der Waals surface area contributed by atoms with Crippen molar-refractivity contribution in [2.24, 2.45) is 0 Å². The second-order valence-electron chi connectivity index (χ2n) is 10.9. The van der Waals surface area contributed by atoms with Crippen LogP contribution in [0.3, 0.4) is 0 Å². The van der Waals surface area contributed by atoms with Gasteiger partial charge in [0, 0.05) is 19.0 Å². The molecule has 0 heterocycles. The molecule has 0 aromatic heterocycles. The Morgan fingerprint density at radius 2 is 1.37 bits per heavy atom. The van der Waals surface area contributed by atoms with Gasteiger partial charge in [0.1, 0.15) is 12.6 Å². The monoisotopic (exact) mass is 671 g/mol. The van der Waals surface area contributed by atoms with Crippen LogP contribution in [0.5, 0.6) is 0 Å². The number of anilines is 1. The van der Waals surface area contributed by atoms with Gasteiger partial charge in [0.25, 0.3) is 10.0 Å². The maximum Gasteiger partial charge on any atom is 0.417 e. The molecule has 0 fully saturated rings. The molecule has 242 valence electrons. The summed E-state index contributed by atoms with van der Waals surface area (Å²) in [7, 11) is -4.58. The molecule has 0 bridgehead atoms. The van der Waals surface area contributed by atoms with Crippen LogP contribution < -0.4 is 9.62 Å². The van der Waals surface area contributed by atoms with Crippen LogP contribution in [0.1, 0.15) is 30.5 Å². The van der Waals surface area contributed by atoms with Crippen molar-refractivity contribution in [1.82, 2.24) is 10.2 Å². The molecule has 2 amide bonds. The van der Waals surface area contributed by atoms with Gasteiger partial charge in [-0.15, -0.1) is 0 Å². The lowest BCUT2D eigenvalue weighted by atomic mass is 10.0. The fourth-order valence-corrected chi connectivity index (χ4v) is 6.50. The Balaban J connectivity index is 1.84. The summed E-state index contributed by atoms with van der Waals surface area (Å²) < 4.78 is 70.2. The maximum atomic E-state index is 14.4. The molecule has 0 aliphatic carbocycles. The van der Waals surface area contributed by atoms with Gasteiger partial charge in [0.2, 0.25) is 11.8 Å². The van der Waals surface area contributed by atoms with E-state index < -0.39 is 56.9 Å². The van der Waals surface area contributed by atoms with Crippen LogP contribution in [0.2, 0.25) is 5.02 Å². The zero-order chi connectivity index (χ0) is 33.5. The molecule has 12 heteroatoms. The Morgan fingerprint density at radius 3 is 1.91 bits per heavy atom. The van der Waals surface area contributed by atoms with Crippen molar-refractivity contribution in [2.45, 2.75) is 50.0 Å². The third-order valence-electron chi connectivity index (χ3n) is 7.05. The first-order chi connectivity index (χ1) is 21.8. The molecule has 4 rings (SSSR count). The van der Waals surface area contributed by atoms with Crippen LogP contribution >= 0.6 is 11.6 Å². The Kier molecular flexibility index (Phi) is 11.1. The molecule has 0 radical (unpaired) electrons. The summed E-state index contributed by atoms with van der Waals surface area (Å²) in [6.45, 7) is 2.57. The SMILES string of the molecule is CC(C)NC(=O)C(Cc1ccccc1)N(Cc1ccccc1)C(=O)CN(c1ccc(Cl)c(C(F)(F)F)c1)S(=O)(=O)c1ccccc1. The van der Waals surface area contributed by atoms with Crippen molar-refractivity contribution >= 4 is 39.1 Å². The van der Waals surface area contributed by atoms with E-state index in [1.54, 1.807) is 74.5 Å². The molecule has 4 aromatic carbocycles. The van der Waals surface area contributed by atoms with Gasteiger partial charge in [-0.25, -0.2) is 8.42 Å². The number of hydrogen-bond acceptors (Lipinski definition) is 4. The predicted molar refractivity (Wildman–Crippen MR) is 172 cm³/mol. The number of hydrogen-bond donors (Lipinski definition) is 1. The molecular formula is C34H33ClF3N3O4S. The van der Waals surface area contributed by atoms with Crippen LogP contribution in [0.25, 0.3) is 0 Å². The molecule has 0 saturated carbocycles. The number of sulfonamides is 1. The number of carbonyl (C=O) groups excluding carboxylic acids is 2. The van der Waals surface area contributed by atoms with Gasteiger partial charge in [-0.3, -0.25) is 13.9 Å². The third kappa shape index (κ3) is 8.67. The van der Waals surface area contributed by atoms with Crippen molar-refractivity contribution in [3.05, 3.63) is 131 Å². The van der Waals surface area contributed by atoms with E-state index in [0.717, 1.165) is 17.7 Å². The van der Waals surface area contributed by atoms with E-state index in [1.807, 2.05) is 6.07 Å². The lowest BCUT2D eigenvalue weighted by Gasteiger charge is -2.34. The average molecular weight is 672 g/mol. The number of rotatable bonds is 12. The molecule has 0 saturated heterocycles. The highest BCUT2D eigenvalue weighted by Gasteiger charge is 2.37. The summed E-state index contributed by atoms with van der Waals surface area (Å²) in [5.74, 6) is -1.27. The number of nitrogens with zero attached hydrogens (tertiary/aromatic N) is 2. The van der Waals surface area contributed by atoms with E-state index in [1.165, 1.54) is 29.2 Å². The molecule has 1 N–H and O–H groups in total. The minimum atomic E-state index is -4.89. The van der Waals surface area contributed by atoms with E-state index >= 15 is 0 Å². The van der Waals surface area contributed by atoms with E-state index in [0.29, 0.717) is 15.9 Å². The number of amides is 2. The van der Waals surface area contributed by atoms with Crippen molar-refractivity contribution in [2.75, 3.05) is 10.8 Å². The van der Waals surface area contributed by atoms with Crippen molar-refractivity contribution in [3.8, 4) is 0 Å². The highest BCUT2D eigenvalue weighted by molar-refractivity contribution is 7.92. The first-order valence-electron chi connectivity index (χ1n) is 14.4. The van der Waals surface area contributed by atoms with Crippen LogP contribution in [0.15, 0.2) is 114 Å². The molecule has 4 aromatic rings. The summed E-state index contributed by atoms with van der Waals surface area (Å²) in [6.07, 6.45) is -4.79. The highest BCUT2D eigenvalue weighted by atomic mass is 35.5. The molecule has 0 aliphatic rings. The van der Waals surface area contributed by atoms with Gasteiger partial charge in [-0.2, -0.15) is 13.2 Å². The van der Waals surface area contributed by atoms with Crippen LogP contribution in [-0.4, -0.2) is 43.8 Å². The Labute approximate surface area is 271 Å². The summed E-state index contributed by atoms with van der Waals surface area (Å²) in [5.41, 5.74) is -0.264. The highest BCUT2D eigenvalue weighted by Crippen LogP contribution is 2.38. The van der Waals surface area contributed by atoms with Crippen LogP contribution in [-0.2, 0) is 38.8 Å². The number of benzene rings is 4. The van der Waals surface area contributed by atoms with E-state index in [2.05, 4.69) is 5.32 Å². The Bertz CT molecular complexity index is 1740. The zero-order valence-corrected chi connectivity index (χ0v) is 26.7. The van der Waals surface area contributed by atoms with E-state index in [4.69, 9.17) is 11.6 Å². The first kappa shape index (κ1) is 34.5. The minimum Gasteiger partial charge on any atom is -0.352 e. The molecule has 0 spiro atoms. The smallest absolute Gasteiger partial charge is 0.352 e. The second-order valence-corrected chi connectivity index (χ2v) is 13.1. The molecule has 1 unspecified atom stereocenters. The fourth-order valence-electron chi connectivity index (χ4n) is 4.85. The lowest BCUT2D eigenvalue weighted by molar-refractivity contribution is -0.140. The number of nitrogens with one attached hydrogen (secondary N) is 1. The fraction of sp³-hybridized carbons (Fsp3) is 0.235. The second kappa shape index (κ2) is 14.8. The van der Waals surface area contributed by atoms with Crippen molar-refractivity contribution < 1.29 is 31.2 Å². The molecule has 7 nitrogen and oxygen atoms in total. The Hall–Kier alpha value is -4.35. The minimum absolute atomic E-state index is 0.0731. The molecule has 46 heavy (non-hydrogen) atoms. The summed E-state index contributed by atoms with van der Waals surface area (Å²) >= 11 is 5.85. The first-order valence-corrected chi connectivity index (χ1v) is 16.2. The zero-order valence-electron chi connectivity index (χ0n) is 25.1. The third-order valence-corrected chi connectivity index (χ3v) is 9.17.